The predicted octanol–water partition coefficient (Wildman–Crippen LogP) is 2.39. The molecule has 2 heterocycles. The standard InChI is InChI=1S/C15H26N2O2/c1-4-6-16-9-13-8-14(19-11-13)10-17(3)15-5-7-18-12(15)2/h8,11-12,15-16H,4-7,9-10H2,1-3H3. The molecule has 1 aromatic rings. The highest BCUT2D eigenvalue weighted by Crippen LogP contribution is 2.20. The van der Waals surface area contributed by atoms with Gasteiger partial charge in [-0.05, 0) is 39.4 Å². The largest absolute Gasteiger partial charge is 0.468 e. The Morgan fingerprint density at radius 2 is 2.32 bits per heavy atom. The van der Waals surface area contributed by atoms with Gasteiger partial charge in [-0.15, -0.1) is 0 Å². The van der Waals surface area contributed by atoms with Gasteiger partial charge in [0.15, 0.2) is 0 Å². The van der Waals surface area contributed by atoms with Crippen LogP contribution in [0.1, 0.15) is 38.0 Å². The van der Waals surface area contributed by atoms with Crippen LogP contribution in [0.3, 0.4) is 0 Å². The van der Waals surface area contributed by atoms with Gasteiger partial charge in [0, 0.05) is 24.8 Å². The van der Waals surface area contributed by atoms with Crippen LogP contribution in [0, 0.1) is 0 Å². The van der Waals surface area contributed by atoms with Crippen LogP contribution in [0.4, 0.5) is 0 Å². The summed E-state index contributed by atoms with van der Waals surface area (Å²) in [7, 11) is 2.15. The van der Waals surface area contributed by atoms with Crippen LogP contribution in [0.5, 0.6) is 0 Å². The summed E-state index contributed by atoms with van der Waals surface area (Å²) >= 11 is 0. The van der Waals surface area contributed by atoms with Gasteiger partial charge < -0.3 is 14.5 Å². The lowest BCUT2D eigenvalue weighted by molar-refractivity contribution is 0.0792. The van der Waals surface area contributed by atoms with Crippen LogP contribution in [-0.2, 0) is 17.8 Å². The highest BCUT2D eigenvalue weighted by atomic mass is 16.5. The number of nitrogens with zero attached hydrogens (tertiary/aromatic N) is 1. The van der Waals surface area contributed by atoms with Crippen molar-refractivity contribution < 1.29 is 9.15 Å². The molecule has 2 atom stereocenters. The maximum atomic E-state index is 5.64. The third-order valence-corrected chi connectivity index (χ3v) is 3.77. The first-order chi connectivity index (χ1) is 9.20. The van der Waals surface area contributed by atoms with Crippen LogP contribution in [0.25, 0.3) is 0 Å². The molecule has 19 heavy (non-hydrogen) atoms. The van der Waals surface area contributed by atoms with Crippen molar-refractivity contribution in [3.63, 3.8) is 0 Å². The van der Waals surface area contributed by atoms with E-state index in [-0.39, 0.29) is 0 Å². The van der Waals surface area contributed by atoms with Crippen molar-refractivity contribution in [1.29, 1.82) is 0 Å². The lowest BCUT2D eigenvalue weighted by atomic mass is 10.1. The van der Waals surface area contributed by atoms with Crippen LogP contribution >= 0.6 is 0 Å². The first kappa shape index (κ1) is 14.6. The molecule has 0 spiro atoms. The maximum absolute atomic E-state index is 5.64. The fourth-order valence-corrected chi connectivity index (χ4v) is 2.67. The Kier molecular flexibility index (Phi) is 5.43. The van der Waals surface area contributed by atoms with Gasteiger partial charge in [-0.25, -0.2) is 0 Å². The molecule has 0 saturated carbocycles. The molecule has 1 saturated heterocycles. The number of likely N-dealkylation sites (N-methyl/N-ethyl adjacent to an activating group) is 1. The summed E-state index contributed by atoms with van der Waals surface area (Å²) in [4.78, 5) is 2.33. The van der Waals surface area contributed by atoms with Crippen molar-refractivity contribution in [1.82, 2.24) is 10.2 Å². The SMILES string of the molecule is CCCNCc1coc(CN(C)C2CCOC2C)c1. The molecule has 2 rings (SSSR count). The van der Waals surface area contributed by atoms with Gasteiger partial charge >= 0.3 is 0 Å². The lowest BCUT2D eigenvalue weighted by Crippen LogP contribution is -2.36. The minimum atomic E-state index is 0.325. The van der Waals surface area contributed by atoms with Crippen LogP contribution < -0.4 is 5.32 Å². The highest BCUT2D eigenvalue weighted by molar-refractivity contribution is 5.12. The second kappa shape index (κ2) is 7.08. The number of nitrogens with one attached hydrogen (secondary N) is 1. The smallest absolute Gasteiger partial charge is 0.118 e. The molecule has 0 aromatic carbocycles. The number of hydrogen-bond donors (Lipinski definition) is 1. The van der Waals surface area contributed by atoms with Gasteiger partial charge in [-0.3, -0.25) is 4.90 Å². The second-order valence-electron chi connectivity index (χ2n) is 5.45. The molecule has 0 amide bonds. The van der Waals surface area contributed by atoms with E-state index in [0.29, 0.717) is 12.1 Å². The molecule has 1 aliphatic rings. The fraction of sp³-hybridized carbons (Fsp3) is 0.733. The normalized spacial score (nSPS) is 23.4. The van der Waals surface area contributed by atoms with E-state index >= 15 is 0 Å². The van der Waals surface area contributed by atoms with E-state index in [1.165, 1.54) is 5.56 Å². The van der Waals surface area contributed by atoms with E-state index in [9.17, 15) is 0 Å². The highest BCUT2D eigenvalue weighted by Gasteiger charge is 2.28. The Morgan fingerprint density at radius 1 is 1.47 bits per heavy atom. The molecule has 1 aromatic heterocycles. The summed E-state index contributed by atoms with van der Waals surface area (Å²) < 4.78 is 11.3. The number of rotatable bonds is 7. The summed E-state index contributed by atoms with van der Waals surface area (Å²) in [5, 5.41) is 3.39. The molecule has 1 N–H and O–H groups in total. The van der Waals surface area contributed by atoms with Crippen LogP contribution in [-0.4, -0.2) is 37.2 Å². The van der Waals surface area contributed by atoms with Gasteiger partial charge in [0.25, 0.3) is 0 Å². The molecule has 0 radical (unpaired) electrons. The molecule has 4 heteroatoms. The first-order valence-corrected chi connectivity index (χ1v) is 7.29. The average molecular weight is 266 g/mol. The topological polar surface area (TPSA) is 37.6 Å². The molecule has 2 unspecified atom stereocenters. The van der Waals surface area contributed by atoms with Gasteiger partial charge in [0.05, 0.1) is 18.9 Å². The van der Waals surface area contributed by atoms with Crippen LogP contribution in [0.2, 0.25) is 0 Å². The van der Waals surface area contributed by atoms with E-state index in [4.69, 9.17) is 9.15 Å². The van der Waals surface area contributed by atoms with E-state index in [0.717, 1.165) is 44.8 Å². The summed E-state index contributed by atoms with van der Waals surface area (Å²) in [5.41, 5.74) is 1.23. The Balaban J connectivity index is 1.82. The summed E-state index contributed by atoms with van der Waals surface area (Å²) in [6, 6.07) is 2.66. The zero-order chi connectivity index (χ0) is 13.7. The Bertz CT molecular complexity index is 378. The van der Waals surface area contributed by atoms with Crippen molar-refractivity contribution in [3.8, 4) is 0 Å². The zero-order valence-electron chi connectivity index (χ0n) is 12.3. The summed E-state index contributed by atoms with van der Waals surface area (Å²) in [6.07, 6.45) is 4.46. The van der Waals surface area contributed by atoms with Gasteiger partial charge in [0.1, 0.15) is 5.76 Å². The van der Waals surface area contributed by atoms with Gasteiger partial charge in [0.2, 0.25) is 0 Å². The van der Waals surface area contributed by atoms with Crippen molar-refractivity contribution in [2.45, 2.75) is 51.9 Å². The minimum Gasteiger partial charge on any atom is -0.468 e. The van der Waals surface area contributed by atoms with Crippen molar-refractivity contribution in [3.05, 3.63) is 23.7 Å². The first-order valence-electron chi connectivity index (χ1n) is 7.29. The summed E-state index contributed by atoms with van der Waals surface area (Å²) in [5.74, 6) is 1.04. The van der Waals surface area contributed by atoms with E-state index in [1.807, 2.05) is 6.26 Å². The van der Waals surface area contributed by atoms with Crippen molar-refractivity contribution >= 4 is 0 Å². The second-order valence-corrected chi connectivity index (χ2v) is 5.45. The van der Waals surface area contributed by atoms with Crippen molar-refractivity contribution in [2.24, 2.45) is 0 Å². The fourth-order valence-electron chi connectivity index (χ4n) is 2.67. The Morgan fingerprint density at radius 3 is 3.00 bits per heavy atom. The molecule has 4 nitrogen and oxygen atoms in total. The van der Waals surface area contributed by atoms with Crippen molar-refractivity contribution in [2.75, 3.05) is 20.2 Å². The van der Waals surface area contributed by atoms with Gasteiger partial charge in [-0.2, -0.15) is 0 Å². The molecule has 1 fully saturated rings. The minimum absolute atomic E-state index is 0.325. The van der Waals surface area contributed by atoms with E-state index < -0.39 is 0 Å². The molecular formula is C15H26N2O2. The predicted molar refractivity (Wildman–Crippen MR) is 76.0 cm³/mol. The molecule has 0 aliphatic carbocycles. The Labute approximate surface area is 116 Å². The quantitative estimate of drug-likeness (QED) is 0.769. The van der Waals surface area contributed by atoms with E-state index in [1.54, 1.807) is 0 Å². The molecule has 1 aliphatic heterocycles. The number of furan rings is 1. The molecule has 0 bridgehead atoms. The van der Waals surface area contributed by atoms with Crippen LogP contribution in [0.15, 0.2) is 16.7 Å². The maximum Gasteiger partial charge on any atom is 0.118 e. The monoisotopic (exact) mass is 266 g/mol. The lowest BCUT2D eigenvalue weighted by Gasteiger charge is -2.25. The number of hydrogen-bond acceptors (Lipinski definition) is 4. The molecule has 108 valence electrons. The average Bonchev–Trinajstić information content (AvgIpc) is 2.99. The zero-order valence-corrected chi connectivity index (χ0v) is 12.3. The van der Waals surface area contributed by atoms with E-state index in [2.05, 4.69) is 37.2 Å². The number of ether oxygens (including phenoxy) is 1. The summed E-state index contributed by atoms with van der Waals surface area (Å²) in [6.45, 7) is 8.00. The third kappa shape index (κ3) is 4.06. The van der Waals surface area contributed by atoms with Gasteiger partial charge in [-0.1, -0.05) is 6.92 Å². The molecular weight excluding hydrogens is 240 g/mol. The Hall–Kier alpha value is -0.840. The third-order valence-electron chi connectivity index (χ3n) is 3.77.